The van der Waals surface area contributed by atoms with Crippen LogP contribution in [-0.2, 0) is 5.41 Å². The molecule has 8 heteroatoms. The first-order valence-corrected chi connectivity index (χ1v) is 44.8. The maximum atomic E-state index is 2.53. The molecule has 0 unspecified atom stereocenters. The van der Waals surface area contributed by atoms with Crippen LogP contribution in [0.2, 0.25) is 25.2 Å². The summed E-state index contributed by atoms with van der Waals surface area (Å²) in [7, 11) is -3.91. The predicted molar refractivity (Wildman–Crippen MR) is 465 cm³/mol. The fourth-order valence-corrected chi connectivity index (χ4v) is 31.0. The van der Waals surface area contributed by atoms with Gasteiger partial charge in [0.05, 0.1) is 66.2 Å². The molecule has 0 radical (unpaired) electrons. The fraction of sp³-hybridized carbons (Fsp3) is 0.109. The van der Waals surface area contributed by atoms with Crippen LogP contribution in [0.1, 0.15) is 49.7 Å². The molecule has 21 aromatic rings. The Hall–Kier alpha value is -12.5. The van der Waals surface area contributed by atoms with E-state index in [-0.39, 0.29) is 5.41 Å². The predicted octanol–water partition coefficient (Wildman–Crippen LogP) is 23.6. The van der Waals surface area contributed by atoms with Crippen LogP contribution >= 0.6 is 0 Å². The highest BCUT2D eigenvalue weighted by atomic mass is 28.3. The summed E-state index contributed by atoms with van der Waals surface area (Å²) in [5.74, 6) is 0. The quantitative estimate of drug-likeness (QED) is 0.149. The van der Waals surface area contributed by atoms with E-state index in [1.807, 2.05) is 0 Å². The topological polar surface area (TPSA) is 29.6 Å². The van der Waals surface area contributed by atoms with E-state index in [2.05, 4.69) is 368 Å². The summed E-state index contributed by atoms with van der Waals surface area (Å²) in [5, 5.41) is 23.8. The second-order valence-corrected chi connectivity index (χ2v) is 40.6. The van der Waals surface area contributed by atoms with Crippen molar-refractivity contribution in [2.45, 2.75) is 69.1 Å². The van der Waals surface area contributed by atoms with E-state index in [0.29, 0.717) is 0 Å². The highest BCUT2D eigenvalue weighted by molar-refractivity contribution is 7.06. The van der Waals surface area contributed by atoms with Gasteiger partial charge >= 0.3 is 0 Å². The zero-order valence-corrected chi connectivity index (χ0v) is 63.0. The SMILES string of the molecule is C[Si]1(C)c2cccc3c2c2c4c5c1cccc5n(-c1ccccc1)c4ccc2n3-c1ccccc1.c1ccc(-n2c3cccc4c3c3c5c6c(cccc6n(-c6ccccc6)c5ccc32)C42CCCC2)cc1.c1ccc(-n2c3cccc4c3c3c5c6c(cccc6n(-c6ccccc6)c5ccc32)[Si]42CCCC2)cc1. The van der Waals surface area contributed by atoms with Gasteiger partial charge in [-0.1, -0.05) is 221 Å². The molecule has 9 heterocycles. The van der Waals surface area contributed by atoms with Crippen LogP contribution in [-0.4, -0.2) is 43.6 Å². The van der Waals surface area contributed by atoms with Gasteiger partial charge in [-0.05, 0) is 202 Å². The van der Waals surface area contributed by atoms with Crippen molar-refractivity contribution in [2.24, 2.45) is 0 Å². The van der Waals surface area contributed by atoms with Gasteiger partial charge in [0.1, 0.15) is 16.1 Å². The highest BCUT2D eigenvalue weighted by Gasteiger charge is 2.47. The molecule has 3 aliphatic heterocycles. The van der Waals surface area contributed by atoms with E-state index in [9.17, 15) is 0 Å². The van der Waals surface area contributed by atoms with E-state index in [1.165, 1.54) is 237 Å². The van der Waals surface area contributed by atoms with Crippen LogP contribution in [0.5, 0.6) is 0 Å². The maximum Gasteiger partial charge on any atom is 0.120 e. The fourth-order valence-electron chi connectivity index (χ4n) is 22.3. The summed E-state index contributed by atoms with van der Waals surface area (Å²) >= 11 is 0. The van der Waals surface area contributed by atoms with E-state index >= 15 is 0 Å². The van der Waals surface area contributed by atoms with Crippen LogP contribution in [0.4, 0.5) is 0 Å². The minimum absolute atomic E-state index is 0.0592. The maximum absolute atomic E-state index is 2.53. The molecule has 2 fully saturated rings. The molecule has 1 saturated carbocycles. The average Bonchev–Trinajstić information content (AvgIpc) is 1.53. The first kappa shape index (κ1) is 61.7. The molecule has 6 nitrogen and oxygen atoms in total. The molecule has 0 N–H and O–H groups in total. The molecule has 0 bridgehead atoms. The summed E-state index contributed by atoms with van der Waals surface area (Å²) in [5.41, 5.74) is 26.3. The number of para-hydroxylation sites is 6. The van der Waals surface area contributed by atoms with Gasteiger partial charge in [0.15, 0.2) is 0 Å². The van der Waals surface area contributed by atoms with Crippen molar-refractivity contribution in [3.8, 4) is 34.1 Å². The van der Waals surface area contributed by atoms with Gasteiger partial charge in [0, 0.05) is 104 Å². The molecule has 5 aliphatic rings. The zero-order chi connectivity index (χ0) is 71.6. The molecule has 15 aromatic carbocycles. The Morgan fingerprint density at radius 1 is 0.202 bits per heavy atom. The monoisotopic (exact) mass is 1430 g/mol. The molecule has 0 amide bonds. The van der Waals surface area contributed by atoms with E-state index in [1.54, 1.807) is 10.4 Å². The smallest absolute Gasteiger partial charge is 0.120 e. The second kappa shape index (κ2) is 22.8. The average molecular weight is 1430 g/mol. The van der Waals surface area contributed by atoms with Crippen LogP contribution in [0.3, 0.4) is 0 Å². The van der Waals surface area contributed by atoms with E-state index in [0.717, 1.165) is 0 Å². The number of fused-ring (bicyclic) bond motifs is 4. The van der Waals surface area contributed by atoms with Gasteiger partial charge in [-0.3, -0.25) is 0 Å². The molecule has 2 spiro atoms. The van der Waals surface area contributed by atoms with Gasteiger partial charge in [-0.15, -0.1) is 0 Å². The lowest BCUT2D eigenvalue weighted by molar-refractivity contribution is 0.545. The number of nitrogens with zero attached hydrogens (tertiary/aromatic N) is 6. The van der Waals surface area contributed by atoms with Crippen molar-refractivity contribution < 1.29 is 0 Å². The standard InChI is InChI=1S/C35H26N2.C34H26N2Si.C32H24N2Si/c1-3-11-23(12-4-1)36-27-17-9-15-25-31(27)33-29(36)19-20-30-34(33)32-26(35(25)21-7-8-22-35)16-10-18-28(32)37(30)24-13-5-2-6-14-24;1-3-11-23(12-4-1)35-25-15-9-17-29-31(25)33-27(35)19-20-28-34(33)32-26(36(28)24-13-5-2-6-14-24)16-10-18-30(32)37(29)21-7-8-22-37;1-35(2)27-17-9-15-23-29(27)31-25(33(23)21-11-5-3-6-12-21)19-20-26-32(31)30-24(16-10-18-28(30)35)34(26)22-13-7-4-8-14-22/h2*1-6,9-20H,7-8,21-22H2;3-20H,1-2H3. The Morgan fingerprint density at radius 3 is 0.697 bits per heavy atom. The molecular weight excluding hydrogens is 1350 g/mol. The molecule has 26 rings (SSSR count). The Labute approximate surface area is 632 Å². The number of hydrogen-bond donors (Lipinski definition) is 0. The lowest BCUT2D eigenvalue weighted by atomic mass is 9.71. The van der Waals surface area contributed by atoms with Crippen molar-refractivity contribution >= 4 is 168 Å². The van der Waals surface area contributed by atoms with Crippen molar-refractivity contribution in [2.75, 3.05) is 0 Å². The van der Waals surface area contributed by atoms with Crippen LogP contribution in [0.15, 0.2) is 328 Å². The normalized spacial score (nSPS) is 15.4. The first-order chi connectivity index (χ1) is 53.9. The van der Waals surface area contributed by atoms with Crippen LogP contribution < -0.4 is 20.7 Å². The van der Waals surface area contributed by atoms with Crippen LogP contribution in [0.25, 0.3) is 165 Å². The Kier molecular flexibility index (Phi) is 12.9. The van der Waals surface area contributed by atoms with Crippen LogP contribution in [0, 0.1) is 0 Å². The minimum atomic E-state index is -1.99. The summed E-state index contributed by atoms with van der Waals surface area (Å²) in [6.07, 6.45) is 7.70. The molecule has 1 saturated heterocycles. The molecule has 518 valence electrons. The molecular formula is C101H76N6Si2. The summed E-state index contributed by atoms with van der Waals surface area (Å²) in [6, 6.07) is 125. The Bertz CT molecular complexity index is 6680. The van der Waals surface area contributed by atoms with Gasteiger partial charge < -0.3 is 27.4 Å². The van der Waals surface area contributed by atoms with E-state index in [4.69, 9.17) is 0 Å². The van der Waals surface area contributed by atoms with Crippen molar-refractivity contribution in [1.82, 2.24) is 27.4 Å². The zero-order valence-electron chi connectivity index (χ0n) is 61.0. The third-order valence-corrected chi connectivity index (χ3v) is 35.4. The molecule has 2 aliphatic carbocycles. The number of benzene rings is 15. The highest BCUT2D eigenvalue weighted by Crippen LogP contribution is 2.58. The van der Waals surface area contributed by atoms with Crippen molar-refractivity contribution in [1.29, 1.82) is 0 Å². The van der Waals surface area contributed by atoms with Gasteiger partial charge in [0.25, 0.3) is 0 Å². The lowest BCUT2D eigenvalue weighted by Crippen LogP contribution is -2.56. The Morgan fingerprint density at radius 2 is 0.422 bits per heavy atom. The van der Waals surface area contributed by atoms with Gasteiger partial charge in [-0.2, -0.15) is 0 Å². The molecule has 0 atom stereocenters. The van der Waals surface area contributed by atoms with Gasteiger partial charge in [-0.25, -0.2) is 0 Å². The first-order valence-electron chi connectivity index (χ1n) is 39.3. The number of hydrogen-bond acceptors (Lipinski definition) is 0. The number of aromatic nitrogens is 6. The van der Waals surface area contributed by atoms with Crippen molar-refractivity contribution in [3.63, 3.8) is 0 Å². The summed E-state index contributed by atoms with van der Waals surface area (Å²) in [6.45, 7) is 5.06. The lowest BCUT2D eigenvalue weighted by Gasteiger charge is -2.31. The van der Waals surface area contributed by atoms with Crippen molar-refractivity contribution in [3.05, 3.63) is 339 Å². The molecule has 109 heavy (non-hydrogen) atoms. The summed E-state index contributed by atoms with van der Waals surface area (Å²) < 4.78 is 15.0. The third kappa shape index (κ3) is 8.13. The largest absolute Gasteiger partial charge is 0.309 e. The van der Waals surface area contributed by atoms with Gasteiger partial charge in [0.2, 0.25) is 0 Å². The second-order valence-electron chi connectivity index (χ2n) is 32.0. The Balaban J connectivity index is 0.0000000960. The summed E-state index contributed by atoms with van der Waals surface area (Å²) in [4.78, 5) is 0. The van der Waals surface area contributed by atoms with E-state index < -0.39 is 16.1 Å². The third-order valence-electron chi connectivity index (χ3n) is 26.5. The molecule has 6 aromatic heterocycles. The minimum Gasteiger partial charge on any atom is -0.309 e. The number of rotatable bonds is 6.